The van der Waals surface area contributed by atoms with Crippen molar-refractivity contribution < 1.29 is 5.11 Å². The summed E-state index contributed by atoms with van der Waals surface area (Å²) in [4.78, 5) is 6.55. The second kappa shape index (κ2) is 8.53. The SMILES string of the molecule is CCN(CC)Cc1cc(Nc2ccnc3c(Cl)c(Cl)c(Cl)cc23)ccc1O. The highest BCUT2D eigenvalue weighted by atomic mass is 35.5. The lowest BCUT2D eigenvalue weighted by Gasteiger charge is -2.19. The van der Waals surface area contributed by atoms with Crippen LogP contribution in [-0.4, -0.2) is 28.1 Å². The van der Waals surface area contributed by atoms with Gasteiger partial charge in [0.05, 0.1) is 20.6 Å². The first-order valence-corrected chi connectivity index (χ1v) is 9.81. The van der Waals surface area contributed by atoms with Crippen LogP contribution >= 0.6 is 34.8 Å². The Balaban J connectivity index is 1.98. The number of nitrogens with zero attached hydrogens (tertiary/aromatic N) is 2. The normalized spacial score (nSPS) is 11.3. The molecule has 0 radical (unpaired) electrons. The Bertz CT molecular complexity index is 974. The van der Waals surface area contributed by atoms with E-state index in [-0.39, 0.29) is 5.75 Å². The molecule has 142 valence electrons. The summed E-state index contributed by atoms with van der Waals surface area (Å²) in [6.45, 7) is 6.72. The fraction of sp³-hybridized carbons (Fsp3) is 0.250. The van der Waals surface area contributed by atoms with Gasteiger partial charge < -0.3 is 10.4 Å². The smallest absolute Gasteiger partial charge is 0.120 e. The average Bonchev–Trinajstić information content (AvgIpc) is 2.67. The van der Waals surface area contributed by atoms with E-state index in [9.17, 15) is 5.11 Å². The third kappa shape index (κ3) is 4.25. The van der Waals surface area contributed by atoms with Crippen molar-refractivity contribution >= 4 is 57.1 Å². The molecule has 0 amide bonds. The van der Waals surface area contributed by atoms with Gasteiger partial charge in [-0.2, -0.15) is 0 Å². The van der Waals surface area contributed by atoms with Crippen LogP contribution in [0, 0.1) is 0 Å². The Labute approximate surface area is 173 Å². The summed E-state index contributed by atoms with van der Waals surface area (Å²) in [7, 11) is 0. The van der Waals surface area contributed by atoms with Gasteiger partial charge in [-0.25, -0.2) is 0 Å². The molecule has 7 heteroatoms. The lowest BCUT2D eigenvalue weighted by Crippen LogP contribution is -2.22. The minimum absolute atomic E-state index is 0.282. The number of hydrogen-bond donors (Lipinski definition) is 2. The molecule has 2 aromatic carbocycles. The second-order valence-electron chi connectivity index (χ2n) is 6.17. The van der Waals surface area contributed by atoms with E-state index in [0.717, 1.165) is 35.4 Å². The van der Waals surface area contributed by atoms with Gasteiger partial charge in [-0.15, -0.1) is 0 Å². The molecule has 0 fully saturated rings. The van der Waals surface area contributed by atoms with Crippen LogP contribution in [0.15, 0.2) is 36.5 Å². The molecule has 0 bridgehead atoms. The average molecular weight is 425 g/mol. The number of pyridine rings is 1. The molecule has 27 heavy (non-hydrogen) atoms. The van der Waals surface area contributed by atoms with Crippen LogP contribution in [0.5, 0.6) is 5.75 Å². The number of hydrogen-bond acceptors (Lipinski definition) is 4. The minimum Gasteiger partial charge on any atom is -0.508 e. The number of nitrogens with one attached hydrogen (secondary N) is 1. The predicted molar refractivity (Wildman–Crippen MR) is 115 cm³/mol. The van der Waals surface area contributed by atoms with Crippen LogP contribution in [0.3, 0.4) is 0 Å². The topological polar surface area (TPSA) is 48.4 Å². The maximum Gasteiger partial charge on any atom is 0.120 e. The first-order chi connectivity index (χ1) is 12.9. The quantitative estimate of drug-likeness (QED) is 0.351. The number of fused-ring (bicyclic) bond motifs is 1. The molecule has 0 saturated carbocycles. The Morgan fingerprint density at radius 3 is 2.48 bits per heavy atom. The van der Waals surface area contributed by atoms with E-state index in [1.165, 1.54) is 0 Å². The van der Waals surface area contributed by atoms with E-state index in [4.69, 9.17) is 34.8 Å². The summed E-state index contributed by atoms with van der Waals surface area (Å²) >= 11 is 18.6. The number of phenolic OH excluding ortho intramolecular Hbond substituents is 1. The standard InChI is InChI=1S/C20H20Cl3N3O/c1-3-26(4-2)11-12-9-13(5-6-17(12)27)25-16-7-8-24-20-14(16)10-15(21)18(22)19(20)23/h5-10,27H,3-4,11H2,1-2H3,(H,24,25). The van der Waals surface area contributed by atoms with Gasteiger partial charge >= 0.3 is 0 Å². The number of phenols is 1. The van der Waals surface area contributed by atoms with Crippen LogP contribution in [0.4, 0.5) is 11.4 Å². The van der Waals surface area contributed by atoms with Crippen molar-refractivity contribution in [3.8, 4) is 5.75 Å². The van der Waals surface area contributed by atoms with Crippen molar-refractivity contribution in [3.05, 3.63) is 57.2 Å². The molecule has 0 saturated heterocycles. The minimum atomic E-state index is 0.282. The predicted octanol–water partition coefficient (Wildman–Crippen LogP) is 6.49. The summed E-state index contributed by atoms with van der Waals surface area (Å²) in [5.74, 6) is 0.282. The summed E-state index contributed by atoms with van der Waals surface area (Å²) in [5.41, 5.74) is 3.10. The van der Waals surface area contributed by atoms with E-state index in [2.05, 4.69) is 29.0 Å². The number of rotatable bonds is 6. The molecule has 1 heterocycles. The van der Waals surface area contributed by atoms with Crippen LogP contribution in [0.1, 0.15) is 19.4 Å². The summed E-state index contributed by atoms with van der Waals surface area (Å²) < 4.78 is 0. The zero-order valence-electron chi connectivity index (χ0n) is 15.1. The Morgan fingerprint density at radius 2 is 1.78 bits per heavy atom. The third-order valence-corrected chi connectivity index (χ3v) is 5.77. The monoisotopic (exact) mass is 423 g/mol. The van der Waals surface area contributed by atoms with Crippen LogP contribution in [-0.2, 0) is 6.54 Å². The molecule has 0 aliphatic heterocycles. The lowest BCUT2D eigenvalue weighted by molar-refractivity contribution is 0.291. The number of benzene rings is 2. The van der Waals surface area contributed by atoms with Crippen LogP contribution in [0.2, 0.25) is 15.1 Å². The van der Waals surface area contributed by atoms with Gasteiger partial charge in [0.1, 0.15) is 5.75 Å². The number of aromatic nitrogens is 1. The molecule has 4 nitrogen and oxygen atoms in total. The van der Waals surface area contributed by atoms with E-state index < -0.39 is 0 Å². The summed E-state index contributed by atoms with van der Waals surface area (Å²) in [5, 5.41) is 15.3. The van der Waals surface area contributed by atoms with Crippen molar-refractivity contribution in [2.24, 2.45) is 0 Å². The lowest BCUT2D eigenvalue weighted by atomic mass is 10.1. The van der Waals surface area contributed by atoms with Crippen molar-refractivity contribution in [2.45, 2.75) is 20.4 Å². The first-order valence-electron chi connectivity index (χ1n) is 8.68. The van der Waals surface area contributed by atoms with Crippen molar-refractivity contribution in [3.63, 3.8) is 0 Å². The van der Waals surface area contributed by atoms with Gasteiger partial charge in [-0.3, -0.25) is 9.88 Å². The molecule has 1 aromatic heterocycles. The zero-order chi connectivity index (χ0) is 19.6. The molecule has 0 unspecified atom stereocenters. The van der Waals surface area contributed by atoms with Gasteiger partial charge in [-0.1, -0.05) is 48.7 Å². The van der Waals surface area contributed by atoms with Crippen molar-refractivity contribution in [1.29, 1.82) is 0 Å². The van der Waals surface area contributed by atoms with E-state index in [1.807, 2.05) is 18.2 Å². The number of aromatic hydroxyl groups is 1. The van der Waals surface area contributed by atoms with Gasteiger partial charge in [0.25, 0.3) is 0 Å². The number of anilines is 2. The van der Waals surface area contributed by atoms with Crippen molar-refractivity contribution in [1.82, 2.24) is 9.88 Å². The fourth-order valence-corrected chi connectivity index (χ4v) is 3.58. The van der Waals surface area contributed by atoms with E-state index in [0.29, 0.717) is 27.1 Å². The molecule has 2 N–H and O–H groups in total. The van der Waals surface area contributed by atoms with Gasteiger partial charge in [0.2, 0.25) is 0 Å². The molecule has 3 rings (SSSR count). The van der Waals surface area contributed by atoms with Crippen LogP contribution < -0.4 is 5.32 Å². The Morgan fingerprint density at radius 1 is 1.04 bits per heavy atom. The van der Waals surface area contributed by atoms with Crippen LogP contribution in [0.25, 0.3) is 10.9 Å². The molecular weight excluding hydrogens is 405 g/mol. The molecule has 0 spiro atoms. The molecule has 0 atom stereocenters. The maximum atomic E-state index is 10.2. The molecular formula is C20H20Cl3N3O. The highest BCUT2D eigenvalue weighted by molar-refractivity contribution is 6.50. The Kier molecular flexibility index (Phi) is 6.33. The third-order valence-electron chi connectivity index (χ3n) is 4.52. The highest BCUT2D eigenvalue weighted by Gasteiger charge is 2.13. The Hall–Kier alpha value is -1.72. The van der Waals surface area contributed by atoms with Gasteiger partial charge in [0.15, 0.2) is 0 Å². The number of halogens is 3. The molecule has 3 aromatic rings. The summed E-state index contributed by atoms with van der Waals surface area (Å²) in [6.07, 6.45) is 1.66. The maximum absolute atomic E-state index is 10.2. The first kappa shape index (κ1) is 20.0. The van der Waals surface area contributed by atoms with Gasteiger partial charge in [-0.05, 0) is 43.4 Å². The fourth-order valence-electron chi connectivity index (χ4n) is 2.94. The second-order valence-corrected chi connectivity index (χ2v) is 7.33. The van der Waals surface area contributed by atoms with Crippen molar-refractivity contribution in [2.75, 3.05) is 18.4 Å². The van der Waals surface area contributed by atoms with E-state index >= 15 is 0 Å². The largest absolute Gasteiger partial charge is 0.508 e. The van der Waals surface area contributed by atoms with E-state index in [1.54, 1.807) is 18.3 Å². The molecule has 0 aliphatic rings. The zero-order valence-corrected chi connectivity index (χ0v) is 17.3. The summed E-state index contributed by atoms with van der Waals surface area (Å²) in [6, 6.07) is 9.06. The van der Waals surface area contributed by atoms with Gasteiger partial charge in [0, 0.05) is 35.1 Å². The highest BCUT2D eigenvalue weighted by Crippen LogP contribution is 2.39. The molecule has 0 aliphatic carbocycles.